The van der Waals surface area contributed by atoms with Gasteiger partial charge in [0.25, 0.3) is 0 Å². The molecule has 0 aliphatic heterocycles. The van der Waals surface area contributed by atoms with Crippen molar-refractivity contribution in [3.63, 3.8) is 0 Å². The molecule has 0 heterocycles. The van der Waals surface area contributed by atoms with Gasteiger partial charge in [-0.15, -0.1) is 0 Å². The number of benzene rings is 1. The average Bonchev–Trinajstić information content (AvgIpc) is 2.55. The van der Waals surface area contributed by atoms with Crippen molar-refractivity contribution in [2.75, 3.05) is 0 Å². The predicted molar refractivity (Wildman–Crippen MR) is 59.5 cm³/mol. The lowest BCUT2D eigenvalue weighted by Crippen LogP contribution is -2.06. The fourth-order valence-corrected chi connectivity index (χ4v) is 1.95. The Balaban J connectivity index is 2.43. The maximum absolute atomic E-state index is 10.9. The van der Waals surface area contributed by atoms with Gasteiger partial charge in [-0.25, -0.2) is 0 Å². The highest BCUT2D eigenvalue weighted by Crippen LogP contribution is 2.34. The Morgan fingerprint density at radius 1 is 1.33 bits per heavy atom. The zero-order chi connectivity index (χ0) is 11.0. The molecule has 0 radical (unpaired) electrons. The standard InChI is InChI=1S/C13H14O2/c1-8-4-5-11-6-7-12(15-10(3)14)13(11)9(8)2/h4-7,12H,1-3H3. The number of carbonyl (C=O) groups excluding carboxylic acids is 1. The van der Waals surface area contributed by atoms with Gasteiger partial charge < -0.3 is 4.74 Å². The Morgan fingerprint density at radius 3 is 2.73 bits per heavy atom. The highest BCUT2D eigenvalue weighted by molar-refractivity contribution is 5.70. The minimum Gasteiger partial charge on any atom is -0.453 e. The van der Waals surface area contributed by atoms with E-state index in [2.05, 4.69) is 26.0 Å². The van der Waals surface area contributed by atoms with E-state index in [0.717, 1.165) is 11.1 Å². The van der Waals surface area contributed by atoms with Gasteiger partial charge in [0.1, 0.15) is 6.10 Å². The summed E-state index contributed by atoms with van der Waals surface area (Å²) in [6.45, 7) is 5.58. The Hall–Kier alpha value is -1.57. The molecular weight excluding hydrogens is 188 g/mol. The molecule has 2 rings (SSSR count). The first-order valence-electron chi connectivity index (χ1n) is 5.05. The van der Waals surface area contributed by atoms with Gasteiger partial charge in [-0.05, 0) is 36.6 Å². The van der Waals surface area contributed by atoms with Crippen LogP contribution in [-0.4, -0.2) is 5.97 Å². The zero-order valence-electron chi connectivity index (χ0n) is 9.20. The van der Waals surface area contributed by atoms with Gasteiger partial charge in [-0.1, -0.05) is 18.2 Å². The highest BCUT2D eigenvalue weighted by atomic mass is 16.5. The molecule has 0 amide bonds. The zero-order valence-corrected chi connectivity index (χ0v) is 9.20. The van der Waals surface area contributed by atoms with Crippen molar-refractivity contribution in [2.45, 2.75) is 26.9 Å². The number of rotatable bonds is 1. The van der Waals surface area contributed by atoms with E-state index in [0.29, 0.717) is 0 Å². The topological polar surface area (TPSA) is 26.3 Å². The van der Waals surface area contributed by atoms with E-state index < -0.39 is 0 Å². The number of esters is 1. The largest absolute Gasteiger partial charge is 0.453 e. The van der Waals surface area contributed by atoms with Gasteiger partial charge in [0.05, 0.1) is 0 Å². The molecule has 15 heavy (non-hydrogen) atoms. The van der Waals surface area contributed by atoms with Crippen LogP contribution in [0.25, 0.3) is 6.08 Å². The van der Waals surface area contributed by atoms with Gasteiger partial charge >= 0.3 is 5.97 Å². The van der Waals surface area contributed by atoms with E-state index in [1.165, 1.54) is 18.1 Å². The first-order valence-corrected chi connectivity index (χ1v) is 5.05. The monoisotopic (exact) mass is 202 g/mol. The van der Waals surface area contributed by atoms with E-state index >= 15 is 0 Å². The van der Waals surface area contributed by atoms with Crippen molar-refractivity contribution in [2.24, 2.45) is 0 Å². The van der Waals surface area contributed by atoms with Crippen molar-refractivity contribution in [3.05, 3.63) is 40.5 Å². The second-order valence-electron chi connectivity index (χ2n) is 3.90. The molecule has 1 unspecified atom stereocenters. The summed E-state index contributed by atoms with van der Waals surface area (Å²) in [6, 6.07) is 4.16. The maximum atomic E-state index is 10.9. The molecule has 2 heteroatoms. The summed E-state index contributed by atoms with van der Waals surface area (Å²) >= 11 is 0. The van der Waals surface area contributed by atoms with Crippen molar-refractivity contribution in [3.8, 4) is 0 Å². The van der Waals surface area contributed by atoms with Gasteiger partial charge in [-0.2, -0.15) is 0 Å². The molecule has 0 saturated carbocycles. The van der Waals surface area contributed by atoms with Crippen LogP contribution in [0.4, 0.5) is 0 Å². The fourth-order valence-electron chi connectivity index (χ4n) is 1.95. The minimum atomic E-state index is -0.238. The molecule has 1 aromatic rings. The normalized spacial score (nSPS) is 17.7. The molecule has 0 aromatic heterocycles. The Bertz CT molecular complexity index is 444. The third-order valence-corrected chi connectivity index (χ3v) is 2.85. The van der Waals surface area contributed by atoms with E-state index in [4.69, 9.17) is 4.74 Å². The third-order valence-electron chi connectivity index (χ3n) is 2.85. The molecule has 2 nitrogen and oxygen atoms in total. The molecule has 1 atom stereocenters. The van der Waals surface area contributed by atoms with Gasteiger partial charge in [0, 0.05) is 12.5 Å². The van der Waals surface area contributed by atoms with Crippen molar-refractivity contribution in [1.29, 1.82) is 0 Å². The lowest BCUT2D eigenvalue weighted by Gasteiger charge is -2.15. The van der Waals surface area contributed by atoms with Crippen LogP contribution in [0.3, 0.4) is 0 Å². The molecule has 0 fully saturated rings. The molecular formula is C13H14O2. The Kier molecular flexibility index (Phi) is 2.35. The molecule has 1 aromatic carbocycles. The molecule has 0 spiro atoms. The van der Waals surface area contributed by atoms with Crippen molar-refractivity contribution >= 4 is 12.0 Å². The summed E-state index contributed by atoms with van der Waals surface area (Å²) in [5.41, 5.74) is 4.73. The van der Waals surface area contributed by atoms with Crippen LogP contribution in [0.15, 0.2) is 18.2 Å². The second-order valence-corrected chi connectivity index (χ2v) is 3.90. The van der Waals surface area contributed by atoms with E-state index in [9.17, 15) is 4.79 Å². The van der Waals surface area contributed by atoms with E-state index in [1.54, 1.807) is 0 Å². The molecule has 78 valence electrons. The quantitative estimate of drug-likeness (QED) is 0.654. The van der Waals surface area contributed by atoms with E-state index in [-0.39, 0.29) is 12.1 Å². The molecule has 0 saturated heterocycles. The third kappa shape index (κ3) is 1.67. The van der Waals surface area contributed by atoms with Crippen LogP contribution in [0, 0.1) is 13.8 Å². The second kappa shape index (κ2) is 3.54. The van der Waals surface area contributed by atoms with Crippen LogP contribution in [-0.2, 0) is 9.53 Å². The Labute approximate surface area is 89.6 Å². The number of fused-ring (bicyclic) bond motifs is 1. The molecule has 1 aliphatic carbocycles. The summed E-state index contributed by atoms with van der Waals surface area (Å²) in [5.74, 6) is -0.238. The van der Waals surface area contributed by atoms with E-state index in [1.807, 2.05) is 12.2 Å². The minimum absolute atomic E-state index is 0.197. The molecule has 0 bridgehead atoms. The van der Waals surface area contributed by atoms with Gasteiger partial charge in [0.15, 0.2) is 0 Å². The van der Waals surface area contributed by atoms with Crippen molar-refractivity contribution < 1.29 is 9.53 Å². The number of hydrogen-bond acceptors (Lipinski definition) is 2. The van der Waals surface area contributed by atoms with Crippen LogP contribution in [0.1, 0.15) is 35.3 Å². The number of ether oxygens (including phenoxy) is 1. The van der Waals surface area contributed by atoms with Crippen LogP contribution in [0.2, 0.25) is 0 Å². The Morgan fingerprint density at radius 2 is 2.07 bits per heavy atom. The lowest BCUT2D eigenvalue weighted by molar-refractivity contribution is -0.144. The summed E-state index contributed by atoms with van der Waals surface area (Å²) in [6.07, 6.45) is 3.74. The summed E-state index contributed by atoms with van der Waals surface area (Å²) in [5, 5.41) is 0. The SMILES string of the molecule is CC(=O)OC1C=Cc2ccc(C)c(C)c21. The summed E-state index contributed by atoms with van der Waals surface area (Å²) in [7, 11) is 0. The smallest absolute Gasteiger partial charge is 0.303 e. The first-order chi connectivity index (χ1) is 7.09. The predicted octanol–water partition coefficient (Wildman–Crippen LogP) is 2.93. The summed E-state index contributed by atoms with van der Waals surface area (Å²) in [4.78, 5) is 10.9. The number of hydrogen-bond donors (Lipinski definition) is 0. The van der Waals surface area contributed by atoms with Crippen LogP contribution >= 0.6 is 0 Å². The van der Waals surface area contributed by atoms with Crippen LogP contribution in [0.5, 0.6) is 0 Å². The molecule has 0 N–H and O–H groups in total. The van der Waals surface area contributed by atoms with Gasteiger partial charge in [-0.3, -0.25) is 4.79 Å². The first kappa shape index (κ1) is 9.97. The average molecular weight is 202 g/mol. The van der Waals surface area contributed by atoms with Gasteiger partial charge in [0.2, 0.25) is 0 Å². The fraction of sp³-hybridized carbons (Fsp3) is 0.308. The highest BCUT2D eigenvalue weighted by Gasteiger charge is 2.22. The van der Waals surface area contributed by atoms with Crippen molar-refractivity contribution in [1.82, 2.24) is 0 Å². The number of aryl methyl sites for hydroxylation is 1. The lowest BCUT2D eigenvalue weighted by atomic mass is 9.98. The molecule has 1 aliphatic rings. The maximum Gasteiger partial charge on any atom is 0.303 e. The summed E-state index contributed by atoms with van der Waals surface area (Å²) < 4.78 is 5.25. The van der Waals surface area contributed by atoms with Crippen LogP contribution < -0.4 is 0 Å². The number of carbonyl (C=O) groups is 1.